The number of piperazine rings is 1. The van der Waals surface area contributed by atoms with Crippen molar-refractivity contribution in [3.05, 3.63) is 57.0 Å². The number of hydrogen-bond acceptors (Lipinski definition) is 4. The number of amides is 1. The van der Waals surface area contributed by atoms with Crippen molar-refractivity contribution in [2.75, 3.05) is 45.2 Å². The molecule has 1 aliphatic heterocycles. The summed E-state index contributed by atoms with van der Waals surface area (Å²) in [6, 6.07) is 11.2. The highest BCUT2D eigenvalue weighted by molar-refractivity contribution is 6.44. The predicted octanol–water partition coefficient (Wildman–Crippen LogP) is 4.41. The van der Waals surface area contributed by atoms with E-state index in [1.165, 1.54) is 11.6 Å². The van der Waals surface area contributed by atoms with Gasteiger partial charge in [0.1, 0.15) is 5.75 Å². The molecule has 1 aliphatic rings. The first-order valence-corrected chi connectivity index (χ1v) is 10.1. The number of hydrogen-bond donors (Lipinski definition) is 1. The standard InChI is InChI=1S/C20H22Cl3N3O2/c1-28-15-4-2-3-14(9-15)12-25-5-7-26(8-6-25)13-20(27)24-19-11-17(22)16(21)10-18(19)23/h2-4,9-11H,5-8,12-13H2,1H3,(H,24,27). The van der Waals surface area contributed by atoms with Crippen LogP contribution < -0.4 is 10.1 Å². The van der Waals surface area contributed by atoms with Gasteiger partial charge in [-0.2, -0.15) is 0 Å². The van der Waals surface area contributed by atoms with Crippen LogP contribution in [0.15, 0.2) is 36.4 Å². The van der Waals surface area contributed by atoms with Crippen molar-refractivity contribution in [3.8, 4) is 5.75 Å². The maximum absolute atomic E-state index is 12.4. The van der Waals surface area contributed by atoms with Gasteiger partial charge in [-0.25, -0.2) is 0 Å². The Kier molecular flexibility index (Phi) is 7.43. The van der Waals surface area contributed by atoms with Crippen molar-refractivity contribution in [1.82, 2.24) is 9.80 Å². The van der Waals surface area contributed by atoms with Crippen molar-refractivity contribution in [2.45, 2.75) is 6.54 Å². The summed E-state index contributed by atoms with van der Waals surface area (Å²) >= 11 is 18.0. The Labute approximate surface area is 180 Å². The molecular weight excluding hydrogens is 421 g/mol. The molecule has 0 aliphatic carbocycles. The lowest BCUT2D eigenvalue weighted by Crippen LogP contribution is -2.48. The zero-order valence-electron chi connectivity index (χ0n) is 15.6. The molecule has 150 valence electrons. The molecule has 1 fully saturated rings. The van der Waals surface area contributed by atoms with Gasteiger partial charge in [0.25, 0.3) is 0 Å². The smallest absolute Gasteiger partial charge is 0.238 e. The molecule has 2 aromatic carbocycles. The SMILES string of the molecule is COc1cccc(CN2CCN(CC(=O)Nc3cc(Cl)c(Cl)cc3Cl)CC2)c1. The number of rotatable bonds is 6. The average Bonchev–Trinajstić information content (AvgIpc) is 2.68. The molecule has 1 N–H and O–H groups in total. The maximum Gasteiger partial charge on any atom is 0.238 e. The first-order valence-electron chi connectivity index (χ1n) is 8.96. The topological polar surface area (TPSA) is 44.8 Å². The fourth-order valence-corrected chi connectivity index (χ4v) is 3.74. The Morgan fingerprint density at radius 2 is 1.68 bits per heavy atom. The van der Waals surface area contributed by atoms with Crippen LogP contribution in [0.4, 0.5) is 5.69 Å². The van der Waals surface area contributed by atoms with Crippen molar-refractivity contribution >= 4 is 46.4 Å². The normalized spacial score (nSPS) is 15.4. The molecule has 28 heavy (non-hydrogen) atoms. The van der Waals surface area contributed by atoms with E-state index in [9.17, 15) is 4.79 Å². The number of carbonyl (C=O) groups excluding carboxylic acids is 1. The van der Waals surface area contributed by atoms with Gasteiger partial charge in [-0.15, -0.1) is 0 Å². The first-order chi connectivity index (χ1) is 13.4. The molecule has 1 saturated heterocycles. The van der Waals surface area contributed by atoms with E-state index in [1.807, 2.05) is 12.1 Å². The molecule has 8 heteroatoms. The summed E-state index contributed by atoms with van der Waals surface area (Å²) in [6.45, 7) is 4.63. The molecule has 0 aromatic heterocycles. The number of ether oxygens (including phenoxy) is 1. The monoisotopic (exact) mass is 441 g/mol. The number of nitrogens with zero attached hydrogens (tertiary/aromatic N) is 2. The molecule has 3 rings (SSSR count). The second-order valence-electron chi connectivity index (χ2n) is 6.70. The van der Waals surface area contributed by atoms with E-state index < -0.39 is 0 Å². The quantitative estimate of drug-likeness (QED) is 0.673. The summed E-state index contributed by atoms with van der Waals surface area (Å²) in [5, 5.41) is 3.89. The van der Waals surface area contributed by atoms with Gasteiger partial charge in [-0.3, -0.25) is 14.6 Å². The first kappa shape index (κ1) is 21.2. The fraction of sp³-hybridized carbons (Fsp3) is 0.350. The number of benzene rings is 2. The van der Waals surface area contributed by atoms with E-state index in [1.54, 1.807) is 13.2 Å². The third kappa shape index (κ3) is 5.75. The lowest BCUT2D eigenvalue weighted by molar-refractivity contribution is -0.117. The number of carbonyl (C=O) groups is 1. The van der Waals surface area contributed by atoms with Crippen LogP contribution in [0.1, 0.15) is 5.56 Å². The van der Waals surface area contributed by atoms with Crippen LogP contribution in [0, 0.1) is 0 Å². The van der Waals surface area contributed by atoms with Crippen molar-refractivity contribution in [1.29, 1.82) is 0 Å². The Hall–Kier alpha value is -1.50. The third-order valence-electron chi connectivity index (χ3n) is 4.66. The van der Waals surface area contributed by atoms with Gasteiger partial charge in [0, 0.05) is 32.7 Å². The zero-order valence-corrected chi connectivity index (χ0v) is 17.8. The second-order valence-corrected chi connectivity index (χ2v) is 7.92. The summed E-state index contributed by atoms with van der Waals surface area (Å²) in [5.41, 5.74) is 1.69. The van der Waals surface area contributed by atoms with E-state index in [2.05, 4.69) is 27.2 Å². The molecule has 0 radical (unpaired) electrons. The molecule has 5 nitrogen and oxygen atoms in total. The van der Waals surface area contributed by atoms with E-state index in [-0.39, 0.29) is 5.91 Å². The van der Waals surface area contributed by atoms with E-state index in [4.69, 9.17) is 39.5 Å². The lowest BCUT2D eigenvalue weighted by Gasteiger charge is -2.34. The Morgan fingerprint density at radius 3 is 2.39 bits per heavy atom. The molecule has 0 spiro atoms. The molecule has 0 atom stereocenters. The molecule has 0 bridgehead atoms. The van der Waals surface area contributed by atoms with Gasteiger partial charge in [0.15, 0.2) is 0 Å². The van der Waals surface area contributed by atoms with Crippen LogP contribution in [-0.4, -0.2) is 55.5 Å². The van der Waals surface area contributed by atoms with Crippen molar-refractivity contribution in [2.24, 2.45) is 0 Å². The third-order valence-corrected chi connectivity index (χ3v) is 5.69. The molecule has 0 unspecified atom stereocenters. The summed E-state index contributed by atoms with van der Waals surface area (Å²) in [5.74, 6) is 0.746. The minimum Gasteiger partial charge on any atom is -0.497 e. The number of halogens is 3. The molecule has 2 aromatic rings. The van der Waals surface area contributed by atoms with E-state index in [0.29, 0.717) is 27.3 Å². The highest BCUT2D eigenvalue weighted by Gasteiger charge is 2.20. The average molecular weight is 443 g/mol. The van der Waals surface area contributed by atoms with Crippen LogP contribution in [0.3, 0.4) is 0 Å². The lowest BCUT2D eigenvalue weighted by atomic mass is 10.2. The number of nitrogens with one attached hydrogen (secondary N) is 1. The second kappa shape index (κ2) is 9.81. The van der Waals surface area contributed by atoms with Gasteiger partial charge in [-0.1, -0.05) is 46.9 Å². The Balaban J connectivity index is 1.47. The molecule has 1 amide bonds. The van der Waals surface area contributed by atoms with Gasteiger partial charge in [-0.05, 0) is 29.8 Å². The fourth-order valence-electron chi connectivity index (χ4n) is 3.15. The van der Waals surface area contributed by atoms with E-state index in [0.717, 1.165) is 38.5 Å². The van der Waals surface area contributed by atoms with Crippen LogP contribution in [-0.2, 0) is 11.3 Å². The predicted molar refractivity (Wildman–Crippen MR) is 115 cm³/mol. The number of anilines is 1. The summed E-state index contributed by atoms with van der Waals surface area (Å²) in [4.78, 5) is 16.9. The van der Waals surface area contributed by atoms with Gasteiger partial charge in [0.05, 0.1) is 34.4 Å². The van der Waals surface area contributed by atoms with Gasteiger partial charge < -0.3 is 10.1 Å². The molecule has 0 saturated carbocycles. The van der Waals surface area contributed by atoms with E-state index >= 15 is 0 Å². The van der Waals surface area contributed by atoms with Crippen molar-refractivity contribution < 1.29 is 9.53 Å². The Bertz CT molecular complexity index is 839. The highest BCUT2D eigenvalue weighted by atomic mass is 35.5. The van der Waals surface area contributed by atoms with Crippen LogP contribution in [0.2, 0.25) is 15.1 Å². The summed E-state index contributed by atoms with van der Waals surface area (Å²) < 4.78 is 5.28. The van der Waals surface area contributed by atoms with Crippen LogP contribution in [0.5, 0.6) is 5.75 Å². The molecule has 1 heterocycles. The summed E-state index contributed by atoms with van der Waals surface area (Å²) in [6.07, 6.45) is 0. The van der Waals surface area contributed by atoms with Gasteiger partial charge in [0.2, 0.25) is 5.91 Å². The zero-order chi connectivity index (χ0) is 20.1. The van der Waals surface area contributed by atoms with Crippen LogP contribution >= 0.6 is 34.8 Å². The Morgan fingerprint density at radius 1 is 1.00 bits per heavy atom. The van der Waals surface area contributed by atoms with Gasteiger partial charge >= 0.3 is 0 Å². The summed E-state index contributed by atoms with van der Waals surface area (Å²) in [7, 11) is 1.67. The minimum absolute atomic E-state index is 0.124. The minimum atomic E-state index is -0.124. The maximum atomic E-state index is 12.4. The highest BCUT2D eigenvalue weighted by Crippen LogP contribution is 2.32. The molecular formula is C20H22Cl3N3O2. The van der Waals surface area contributed by atoms with Crippen LogP contribution in [0.25, 0.3) is 0 Å². The van der Waals surface area contributed by atoms with Crippen molar-refractivity contribution in [3.63, 3.8) is 0 Å². The largest absolute Gasteiger partial charge is 0.497 e. The number of methoxy groups -OCH3 is 1.